The Bertz CT molecular complexity index is 859. The van der Waals surface area contributed by atoms with Crippen molar-refractivity contribution in [3.8, 4) is 17.6 Å². The van der Waals surface area contributed by atoms with Crippen LogP contribution in [0.4, 0.5) is 5.69 Å². The highest BCUT2D eigenvalue weighted by Gasteiger charge is 2.13. The second kappa shape index (κ2) is 9.35. The van der Waals surface area contributed by atoms with Crippen LogP contribution in [0.1, 0.15) is 5.56 Å². The SMILES string of the molecule is COc1ccc(OC)c(NC(=O)/C(C#N)=C\NCc2cccc(Cl)c2)c1. The summed E-state index contributed by atoms with van der Waals surface area (Å²) in [7, 11) is 3.01. The molecule has 0 unspecified atom stereocenters. The van der Waals surface area contributed by atoms with Gasteiger partial charge in [0.2, 0.25) is 0 Å². The number of carbonyl (C=O) groups is 1. The molecular formula is C19H18ClN3O3. The third-order valence-electron chi connectivity index (χ3n) is 3.46. The number of hydrogen-bond donors (Lipinski definition) is 2. The molecule has 0 saturated heterocycles. The maximum absolute atomic E-state index is 12.3. The molecule has 1 amide bonds. The number of halogens is 1. The maximum atomic E-state index is 12.3. The first-order valence-corrected chi connectivity index (χ1v) is 8.06. The number of benzene rings is 2. The number of nitrogens with one attached hydrogen (secondary N) is 2. The van der Waals surface area contributed by atoms with Gasteiger partial charge in [-0.2, -0.15) is 5.26 Å². The van der Waals surface area contributed by atoms with Crippen molar-refractivity contribution in [1.29, 1.82) is 5.26 Å². The summed E-state index contributed by atoms with van der Waals surface area (Å²) in [6.07, 6.45) is 1.36. The van der Waals surface area contributed by atoms with Crippen LogP contribution in [-0.4, -0.2) is 20.1 Å². The minimum absolute atomic E-state index is 0.0723. The second-order valence-electron chi connectivity index (χ2n) is 5.20. The third kappa shape index (κ3) is 5.16. The Morgan fingerprint density at radius 1 is 1.23 bits per heavy atom. The van der Waals surface area contributed by atoms with Crippen molar-refractivity contribution in [3.63, 3.8) is 0 Å². The van der Waals surface area contributed by atoms with Crippen molar-refractivity contribution in [1.82, 2.24) is 5.32 Å². The first kappa shape index (κ1) is 19.2. The normalized spacial score (nSPS) is 10.6. The van der Waals surface area contributed by atoms with Gasteiger partial charge in [-0.25, -0.2) is 0 Å². The molecule has 7 heteroatoms. The van der Waals surface area contributed by atoms with Crippen LogP contribution in [-0.2, 0) is 11.3 Å². The molecule has 0 atom stereocenters. The molecule has 0 spiro atoms. The van der Waals surface area contributed by atoms with Crippen LogP contribution in [0.5, 0.6) is 11.5 Å². The van der Waals surface area contributed by atoms with Crippen LogP contribution in [0.2, 0.25) is 5.02 Å². The molecule has 0 aliphatic carbocycles. The molecule has 134 valence electrons. The molecule has 0 heterocycles. The zero-order valence-corrected chi connectivity index (χ0v) is 15.1. The molecule has 0 saturated carbocycles. The third-order valence-corrected chi connectivity index (χ3v) is 3.70. The molecule has 0 aliphatic heterocycles. The van der Waals surface area contributed by atoms with Crippen molar-refractivity contribution < 1.29 is 14.3 Å². The van der Waals surface area contributed by atoms with Crippen LogP contribution in [0, 0.1) is 11.3 Å². The molecule has 2 N–H and O–H groups in total. The lowest BCUT2D eigenvalue weighted by molar-refractivity contribution is -0.112. The van der Waals surface area contributed by atoms with E-state index in [1.807, 2.05) is 18.2 Å². The summed E-state index contributed by atoms with van der Waals surface area (Å²) in [6, 6.07) is 14.2. The Morgan fingerprint density at radius 3 is 2.69 bits per heavy atom. The summed E-state index contributed by atoms with van der Waals surface area (Å²) in [5.74, 6) is 0.462. The van der Waals surface area contributed by atoms with Crippen LogP contribution in [0.3, 0.4) is 0 Å². The lowest BCUT2D eigenvalue weighted by atomic mass is 10.2. The predicted molar refractivity (Wildman–Crippen MR) is 100 cm³/mol. The molecule has 6 nitrogen and oxygen atoms in total. The average Bonchev–Trinajstić information content (AvgIpc) is 2.65. The van der Waals surface area contributed by atoms with E-state index in [-0.39, 0.29) is 5.57 Å². The molecule has 0 aromatic heterocycles. The predicted octanol–water partition coefficient (Wildman–Crippen LogP) is 3.49. The Labute approximate surface area is 157 Å². The van der Waals surface area contributed by atoms with Crippen LogP contribution in [0.25, 0.3) is 0 Å². The fourth-order valence-electron chi connectivity index (χ4n) is 2.17. The highest BCUT2D eigenvalue weighted by atomic mass is 35.5. The van der Waals surface area contributed by atoms with Crippen LogP contribution >= 0.6 is 11.6 Å². The van der Waals surface area contributed by atoms with Crippen molar-refractivity contribution in [2.24, 2.45) is 0 Å². The second-order valence-corrected chi connectivity index (χ2v) is 5.64. The van der Waals surface area contributed by atoms with Gasteiger partial charge in [-0.05, 0) is 29.8 Å². The zero-order chi connectivity index (χ0) is 18.9. The number of amides is 1. The first-order valence-electron chi connectivity index (χ1n) is 7.69. The van der Waals surface area contributed by atoms with Gasteiger partial charge in [0.05, 0.1) is 19.9 Å². The lowest BCUT2D eigenvalue weighted by Crippen LogP contribution is -2.17. The van der Waals surface area contributed by atoms with Gasteiger partial charge in [-0.1, -0.05) is 23.7 Å². The standard InChI is InChI=1S/C19H18ClN3O3/c1-25-16-6-7-18(26-2)17(9-16)23-19(24)14(10-21)12-22-11-13-4-3-5-15(20)8-13/h3-9,12,22H,11H2,1-2H3,(H,23,24)/b14-12-. The van der Waals surface area contributed by atoms with E-state index in [4.69, 9.17) is 21.1 Å². The van der Waals surface area contributed by atoms with E-state index >= 15 is 0 Å². The average molecular weight is 372 g/mol. The summed E-state index contributed by atoms with van der Waals surface area (Å²) in [4.78, 5) is 12.3. The van der Waals surface area contributed by atoms with Crippen molar-refractivity contribution in [2.45, 2.75) is 6.54 Å². The Hall–Kier alpha value is -3.17. The van der Waals surface area contributed by atoms with Crippen LogP contribution in [0.15, 0.2) is 54.2 Å². The number of nitrogens with zero attached hydrogens (tertiary/aromatic N) is 1. The smallest absolute Gasteiger partial charge is 0.267 e. The molecule has 0 radical (unpaired) electrons. The fraction of sp³-hybridized carbons (Fsp3) is 0.158. The summed E-state index contributed by atoms with van der Waals surface area (Å²) < 4.78 is 10.3. The Morgan fingerprint density at radius 2 is 2.04 bits per heavy atom. The maximum Gasteiger partial charge on any atom is 0.267 e. The highest BCUT2D eigenvalue weighted by Crippen LogP contribution is 2.29. The van der Waals surface area contributed by atoms with Gasteiger partial charge in [0.15, 0.2) is 0 Å². The Balaban J connectivity index is 2.07. The number of anilines is 1. The molecule has 2 rings (SSSR count). The van der Waals surface area contributed by atoms with E-state index in [0.29, 0.717) is 28.8 Å². The lowest BCUT2D eigenvalue weighted by Gasteiger charge is -2.11. The molecular weight excluding hydrogens is 354 g/mol. The quantitative estimate of drug-likeness (QED) is 0.575. The van der Waals surface area contributed by atoms with E-state index in [1.54, 1.807) is 30.3 Å². The first-order chi connectivity index (χ1) is 12.6. The van der Waals surface area contributed by atoms with Gasteiger partial charge in [-0.3, -0.25) is 4.79 Å². The van der Waals surface area contributed by atoms with Crippen molar-refractivity contribution >= 4 is 23.2 Å². The van der Waals surface area contributed by atoms with E-state index in [1.165, 1.54) is 20.4 Å². The van der Waals surface area contributed by atoms with Gasteiger partial charge < -0.3 is 20.1 Å². The molecule has 0 aliphatic rings. The van der Waals surface area contributed by atoms with Crippen LogP contribution < -0.4 is 20.1 Å². The number of hydrogen-bond acceptors (Lipinski definition) is 5. The van der Waals surface area contributed by atoms with Crippen molar-refractivity contribution in [3.05, 3.63) is 64.8 Å². The minimum atomic E-state index is -0.558. The molecule has 26 heavy (non-hydrogen) atoms. The van der Waals surface area contributed by atoms with Gasteiger partial charge in [0.25, 0.3) is 5.91 Å². The highest BCUT2D eigenvalue weighted by molar-refractivity contribution is 6.30. The number of rotatable bonds is 7. The summed E-state index contributed by atoms with van der Waals surface area (Å²) in [5, 5.41) is 15.5. The zero-order valence-electron chi connectivity index (χ0n) is 14.4. The molecule has 0 fully saturated rings. The van der Waals surface area contributed by atoms with Gasteiger partial charge in [-0.15, -0.1) is 0 Å². The number of nitriles is 1. The number of carbonyl (C=O) groups excluding carboxylic acids is 1. The van der Waals surface area contributed by atoms with Gasteiger partial charge in [0, 0.05) is 23.8 Å². The minimum Gasteiger partial charge on any atom is -0.497 e. The molecule has 2 aromatic rings. The van der Waals surface area contributed by atoms with E-state index in [0.717, 1.165) is 5.56 Å². The van der Waals surface area contributed by atoms with Gasteiger partial charge in [0.1, 0.15) is 23.1 Å². The molecule has 0 bridgehead atoms. The summed E-state index contributed by atoms with van der Waals surface area (Å²) in [6.45, 7) is 0.432. The monoisotopic (exact) mass is 371 g/mol. The number of methoxy groups -OCH3 is 2. The van der Waals surface area contributed by atoms with E-state index in [9.17, 15) is 10.1 Å². The van der Waals surface area contributed by atoms with E-state index in [2.05, 4.69) is 10.6 Å². The molecule has 2 aromatic carbocycles. The topological polar surface area (TPSA) is 83.4 Å². The van der Waals surface area contributed by atoms with Gasteiger partial charge >= 0.3 is 0 Å². The summed E-state index contributed by atoms with van der Waals surface area (Å²) in [5.41, 5.74) is 1.27. The van der Waals surface area contributed by atoms with E-state index < -0.39 is 5.91 Å². The summed E-state index contributed by atoms with van der Waals surface area (Å²) >= 11 is 5.93. The number of ether oxygens (including phenoxy) is 2. The largest absolute Gasteiger partial charge is 0.497 e. The fourth-order valence-corrected chi connectivity index (χ4v) is 2.38. The van der Waals surface area contributed by atoms with Crippen molar-refractivity contribution in [2.75, 3.05) is 19.5 Å². The Kier molecular flexibility index (Phi) is 6.89.